The molecular weight excluding hydrogens is 338 g/mol. The van der Waals surface area contributed by atoms with Gasteiger partial charge in [0.05, 0.1) is 5.92 Å². The second-order valence-corrected chi connectivity index (χ2v) is 7.70. The molecule has 1 aromatic carbocycles. The van der Waals surface area contributed by atoms with Crippen LogP contribution < -0.4 is 16.4 Å². The lowest BCUT2D eigenvalue weighted by molar-refractivity contribution is -0.121. The number of rotatable bonds is 4. The van der Waals surface area contributed by atoms with Crippen LogP contribution in [0.5, 0.6) is 0 Å². The van der Waals surface area contributed by atoms with E-state index in [9.17, 15) is 9.59 Å². The van der Waals surface area contributed by atoms with Crippen molar-refractivity contribution >= 4 is 29.9 Å². The summed E-state index contributed by atoms with van der Waals surface area (Å²) in [5, 5.41) is 6.02. The van der Waals surface area contributed by atoms with Gasteiger partial charge in [-0.2, -0.15) is 0 Å². The molecule has 0 aromatic heterocycles. The summed E-state index contributed by atoms with van der Waals surface area (Å²) < 4.78 is 0. The summed E-state index contributed by atoms with van der Waals surface area (Å²) in [5.41, 5.74) is 8.55. The first-order chi connectivity index (χ1) is 11.5. The topological polar surface area (TPSA) is 84.2 Å². The van der Waals surface area contributed by atoms with E-state index in [1.165, 1.54) is 0 Å². The summed E-state index contributed by atoms with van der Waals surface area (Å²) in [6, 6.07) is 5.78. The lowest BCUT2D eigenvalue weighted by Crippen LogP contribution is -2.42. The second-order valence-electron chi connectivity index (χ2n) is 7.70. The molecule has 4 N–H and O–H groups in total. The molecule has 6 heteroatoms. The number of nitrogens with two attached hydrogens (primary N) is 1. The highest BCUT2D eigenvalue weighted by Crippen LogP contribution is 2.48. The van der Waals surface area contributed by atoms with Gasteiger partial charge in [-0.05, 0) is 68.6 Å². The van der Waals surface area contributed by atoms with E-state index in [2.05, 4.69) is 10.6 Å². The van der Waals surface area contributed by atoms with Crippen LogP contribution in [0.3, 0.4) is 0 Å². The molecule has 3 aliphatic carbocycles. The third-order valence-corrected chi connectivity index (χ3v) is 5.95. The van der Waals surface area contributed by atoms with E-state index < -0.39 is 0 Å². The quantitative estimate of drug-likeness (QED) is 0.768. The zero-order valence-corrected chi connectivity index (χ0v) is 15.3. The molecule has 3 fully saturated rings. The molecule has 0 spiro atoms. The third-order valence-electron chi connectivity index (χ3n) is 5.95. The molecule has 0 aliphatic heterocycles. The zero-order valence-electron chi connectivity index (χ0n) is 14.5. The minimum absolute atomic E-state index is 0. The number of nitrogens with one attached hydrogen (secondary N) is 2. The lowest BCUT2D eigenvalue weighted by atomic mass is 9.84. The number of fused-ring (bicyclic) bond motifs is 2. The average molecular weight is 364 g/mol. The molecule has 3 aliphatic rings. The van der Waals surface area contributed by atoms with Crippen LogP contribution in [0.15, 0.2) is 18.2 Å². The Balaban J connectivity index is 0.00000182. The highest BCUT2D eigenvalue weighted by Gasteiger charge is 2.49. The Morgan fingerprint density at radius 1 is 1.12 bits per heavy atom. The zero-order chi connectivity index (χ0) is 16.8. The Hall–Kier alpha value is -1.59. The first-order valence-corrected chi connectivity index (χ1v) is 9.01. The van der Waals surface area contributed by atoms with Crippen molar-refractivity contribution in [2.24, 2.45) is 23.5 Å². The van der Waals surface area contributed by atoms with E-state index in [1.807, 2.05) is 19.1 Å². The number of amides is 2. The van der Waals surface area contributed by atoms with Gasteiger partial charge in [0, 0.05) is 23.3 Å². The van der Waals surface area contributed by atoms with Crippen molar-refractivity contribution in [3.05, 3.63) is 29.3 Å². The monoisotopic (exact) mass is 363 g/mol. The van der Waals surface area contributed by atoms with Gasteiger partial charge in [-0.3, -0.25) is 9.59 Å². The van der Waals surface area contributed by atoms with Crippen molar-refractivity contribution in [3.8, 4) is 0 Å². The van der Waals surface area contributed by atoms with Gasteiger partial charge < -0.3 is 16.4 Å². The molecule has 136 valence electrons. The Morgan fingerprint density at radius 3 is 2.48 bits per heavy atom. The number of halogens is 1. The highest BCUT2D eigenvalue weighted by atomic mass is 35.5. The van der Waals surface area contributed by atoms with Gasteiger partial charge in [-0.25, -0.2) is 0 Å². The minimum Gasteiger partial charge on any atom is -0.349 e. The number of hydrogen-bond acceptors (Lipinski definition) is 3. The molecule has 0 heterocycles. The Kier molecular flexibility index (Phi) is 5.07. The summed E-state index contributed by atoms with van der Waals surface area (Å²) in [7, 11) is 0. The molecule has 5 nitrogen and oxygen atoms in total. The Morgan fingerprint density at radius 2 is 1.84 bits per heavy atom. The lowest BCUT2D eigenvalue weighted by Gasteiger charge is -2.27. The number of carbonyl (C=O) groups excluding carboxylic acids is 2. The van der Waals surface area contributed by atoms with Gasteiger partial charge in [-0.15, -0.1) is 12.4 Å². The molecule has 3 saturated carbocycles. The standard InChI is InChI=1S/C19H25N3O2.ClH/c1-10-2-3-13(18(23)21-14-6-7-14)9-15(10)22-19(24)16-11-4-5-12(8-11)17(16)20;/h2-3,9,11-12,14,16-17H,4-8,20H2,1H3,(H,21,23)(H,22,24);1H. The molecule has 0 radical (unpaired) electrons. The minimum atomic E-state index is -0.0907. The first kappa shape index (κ1) is 18.2. The smallest absolute Gasteiger partial charge is 0.251 e. The van der Waals surface area contributed by atoms with Crippen LogP contribution in [-0.4, -0.2) is 23.9 Å². The van der Waals surface area contributed by atoms with E-state index in [1.54, 1.807) is 6.07 Å². The molecule has 2 amide bonds. The van der Waals surface area contributed by atoms with Crippen molar-refractivity contribution in [3.63, 3.8) is 0 Å². The summed E-state index contributed by atoms with van der Waals surface area (Å²) in [6.07, 6.45) is 5.47. The fraction of sp³-hybridized carbons (Fsp3) is 0.579. The van der Waals surface area contributed by atoms with Crippen LogP contribution in [-0.2, 0) is 4.79 Å². The summed E-state index contributed by atoms with van der Waals surface area (Å²) in [5.74, 6) is 0.781. The molecule has 4 atom stereocenters. The van der Waals surface area contributed by atoms with Crippen LogP contribution in [0.25, 0.3) is 0 Å². The number of hydrogen-bond donors (Lipinski definition) is 3. The van der Waals surface area contributed by atoms with Crippen LogP contribution in [0.1, 0.15) is 48.0 Å². The van der Waals surface area contributed by atoms with Gasteiger partial charge in [-0.1, -0.05) is 6.07 Å². The van der Waals surface area contributed by atoms with E-state index >= 15 is 0 Å². The van der Waals surface area contributed by atoms with E-state index in [0.29, 0.717) is 23.4 Å². The van der Waals surface area contributed by atoms with Crippen LogP contribution >= 0.6 is 12.4 Å². The van der Waals surface area contributed by atoms with Gasteiger partial charge in [0.1, 0.15) is 0 Å². The van der Waals surface area contributed by atoms with Gasteiger partial charge >= 0.3 is 0 Å². The fourth-order valence-corrected chi connectivity index (χ4v) is 4.34. The van der Waals surface area contributed by atoms with Crippen molar-refractivity contribution in [1.29, 1.82) is 0 Å². The Labute approximate surface area is 154 Å². The molecular formula is C19H26ClN3O2. The second kappa shape index (κ2) is 6.96. The largest absolute Gasteiger partial charge is 0.349 e. The maximum absolute atomic E-state index is 12.7. The normalized spacial score (nSPS) is 29.8. The maximum atomic E-state index is 12.7. The average Bonchev–Trinajstić information content (AvgIpc) is 3.14. The molecule has 4 unspecified atom stereocenters. The number of carbonyl (C=O) groups is 2. The van der Waals surface area contributed by atoms with E-state index in [4.69, 9.17) is 5.73 Å². The maximum Gasteiger partial charge on any atom is 0.251 e. The summed E-state index contributed by atoms with van der Waals surface area (Å²) >= 11 is 0. The van der Waals surface area contributed by atoms with Crippen molar-refractivity contribution in [2.45, 2.75) is 51.1 Å². The molecule has 25 heavy (non-hydrogen) atoms. The van der Waals surface area contributed by atoms with Gasteiger partial charge in [0.15, 0.2) is 0 Å². The number of anilines is 1. The number of benzene rings is 1. The van der Waals surface area contributed by atoms with Crippen LogP contribution in [0.2, 0.25) is 0 Å². The van der Waals surface area contributed by atoms with Crippen molar-refractivity contribution in [2.75, 3.05) is 5.32 Å². The van der Waals surface area contributed by atoms with Crippen LogP contribution in [0.4, 0.5) is 5.69 Å². The molecule has 1 aromatic rings. The van der Waals surface area contributed by atoms with Gasteiger partial charge in [0.25, 0.3) is 5.91 Å². The summed E-state index contributed by atoms with van der Waals surface area (Å²) in [6.45, 7) is 1.94. The van der Waals surface area contributed by atoms with Gasteiger partial charge in [0.2, 0.25) is 5.91 Å². The van der Waals surface area contributed by atoms with Crippen LogP contribution in [0, 0.1) is 24.7 Å². The van der Waals surface area contributed by atoms with E-state index in [0.717, 1.165) is 43.4 Å². The Bertz CT molecular complexity index is 687. The summed E-state index contributed by atoms with van der Waals surface area (Å²) in [4.78, 5) is 25.0. The first-order valence-electron chi connectivity index (χ1n) is 9.01. The van der Waals surface area contributed by atoms with Crippen molar-refractivity contribution < 1.29 is 9.59 Å². The predicted octanol–water partition coefficient (Wildman–Crippen LogP) is 2.62. The molecule has 0 saturated heterocycles. The van der Waals surface area contributed by atoms with E-state index in [-0.39, 0.29) is 36.2 Å². The predicted molar refractivity (Wildman–Crippen MR) is 99.8 cm³/mol. The number of aryl methyl sites for hydroxylation is 1. The highest BCUT2D eigenvalue weighted by molar-refractivity contribution is 5.98. The van der Waals surface area contributed by atoms with Crippen molar-refractivity contribution in [1.82, 2.24) is 5.32 Å². The molecule has 4 rings (SSSR count). The third kappa shape index (κ3) is 3.53. The molecule has 2 bridgehead atoms. The fourth-order valence-electron chi connectivity index (χ4n) is 4.34. The SMILES string of the molecule is Cc1ccc(C(=O)NC2CC2)cc1NC(=O)C1C2CCC(C2)C1N.Cl.